The molecule has 0 atom stereocenters. The number of carbonyl (C=O) groups is 1. The maximum Gasteiger partial charge on any atom is 0.224 e. The van der Waals surface area contributed by atoms with Crippen LogP contribution >= 0.6 is 27.7 Å². The lowest BCUT2D eigenvalue weighted by molar-refractivity contribution is -0.116. The quantitative estimate of drug-likeness (QED) is 0.616. The Morgan fingerprint density at radius 3 is 2.83 bits per heavy atom. The standard InChI is InChI=1S/C13H19BrN2OS/c1-9-7-10(14)8-11(13(9)15)16-12(17)5-3-4-6-18-2/h7-8H,3-6,15H2,1-2H3,(H,16,17). The Kier molecular flexibility index (Phi) is 6.57. The van der Waals surface area contributed by atoms with E-state index < -0.39 is 0 Å². The van der Waals surface area contributed by atoms with Crippen LogP contribution in [0.3, 0.4) is 0 Å². The highest BCUT2D eigenvalue weighted by Gasteiger charge is 2.08. The van der Waals surface area contributed by atoms with E-state index in [0.29, 0.717) is 17.8 Å². The van der Waals surface area contributed by atoms with Gasteiger partial charge in [-0.05, 0) is 49.5 Å². The summed E-state index contributed by atoms with van der Waals surface area (Å²) in [6.45, 7) is 1.92. The fourth-order valence-corrected chi connectivity index (χ4v) is 2.67. The molecule has 0 bridgehead atoms. The second kappa shape index (κ2) is 7.69. The van der Waals surface area contributed by atoms with Crippen molar-refractivity contribution in [3.05, 3.63) is 22.2 Å². The fourth-order valence-electron chi connectivity index (χ4n) is 1.60. The molecular weight excluding hydrogens is 312 g/mol. The van der Waals surface area contributed by atoms with E-state index in [-0.39, 0.29) is 5.91 Å². The Hall–Kier alpha value is -0.680. The van der Waals surface area contributed by atoms with Gasteiger partial charge in [0.25, 0.3) is 0 Å². The Morgan fingerprint density at radius 1 is 1.44 bits per heavy atom. The number of hydrogen-bond donors (Lipinski definition) is 2. The third-order valence-electron chi connectivity index (χ3n) is 2.63. The Morgan fingerprint density at radius 2 is 2.17 bits per heavy atom. The zero-order valence-electron chi connectivity index (χ0n) is 10.8. The van der Waals surface area contributed by atoms with Crippen LogP contribution in [-0.2, 0) is 4.79 Å². The molecule has 0 spiro atoms. The molecule has 1 aromatic rings. The molecule has 5 heteroatoms. The fraction of sp³-hybridized carbons (Fsp3) is 0.462. The number of carbonyl (C=O) groups excluding carboxylic acids is 1. The van der Waals surface area contributed by atoms with Crippen molar-refractivity contribution in [3.8, 4) is 0 Å². The van der Waals surface area contributed by atoms with Crippen molar-refractivity contribution in [1.82, 2.24) is 0 Å². The summed E-state index contributed by atoms with van der Waals surface area (Å²) in [5.41, 5.74) is 8.22. The molecule has 0 saturated carbocycles. The van der Waals surface area contributed by atoms with Gasteiger partial charge in [-0.25, -0.2) is 0 Å². The summed E-state index contributed by atoms with van der Waals surface area (Å²) in [4.78, 5) is 11.8. The van der Waals surface area contributed by atoms with Gasteiger partial charge in [-0.1, -0.05) is 15.9 Å². The smallest absolute Gasteiger partial charge is 0.224 e. The van der Waals surface area contributed by atoms with Gasteiger partial charge in [-0.3, -0.25) is 4.79 Å². The van der Waals surface area contributed by atoms with E-state index in [2.05, 4.69) is 27.5 Å². The molecule has 0 radical (unpaired) electrons. The van der Waals surface area contributed by atoms with Crippen molar-refractivity contribution in [2.24, 2.45) is 0 Å². The topological polar surface area (TPSA) is 55.1 Å². The number of benzene rings is 1. The summed E-state index contributed by atoms with van der Waals surface area (Å²) < 4.78 is 0.923. The summed E-state index contributed by atoms with van der Waals surface area (Å²) in [6, 6.07) is 3.77. The number of nitrogen functional groups attached to an aromatic ring is 1. The Labute approximate surface area is 121 Å². The second-order valence-electron chi connectivity index (χ2n) is 4.18. The lowest BCUT2D eigenvalue weighted by atomic mass is 10.1. The summed E-state index contributed by atoms with van der Waals surface area (Å²) in [5.74, 6) is 1.13. The SMILES string of the molecule is CSCCCCC(=O)Nc1cc(Br)cc(C)c1N. The highest BCUT2D eigenvalue weighted by Crippen LogP contribution is 2.27. The molecule has 1 aromatic carbocycles. The highest BCUT2D eigenvalue weighted by atomic mass is 79.9. The van der Waals surface area contributed by atoms with Crippen molar-refractivity contribution in [1.29, 1.82) is 0 Å². The summed E-state index contributed by atoms with van der Waals surface area (Å²) in [5, 5.41) is 2.87. The van der Waals surface area contributed by atoms with Gasteiger partial charge in [-0.15, -0.1) is 0 Å². The number of halogens is 1. The zero-order chi connectivity index (χ0) is 13.5. The molecule has 0 aliphatic carbocycles. The molecule has 0 unspecified atom stereocenters. The van der Waals surface area contributed by atoms with Crippen molar-refractivity contribution in [2.75, 3.05) is 23.1 Å². The van der Waals surface area contributed by atoms with Crippen LogP contribution in [0.15, 0.2) is 16.6 Å². The number of thioether (sulfide) groups is 1. The van der Waals surface area contributed by atoms with Crippen molar-refractivity contribution in [2.45, 2.75) is 26.2 Å². The number of anilines is 2. The van der Waals surface area contributed by atoms with Gasteiger partial charge >= 0.3 is 0 Å². The number of nitrogens with two attached hydrogens (primary N) is 1. The van der Waals surface area contributed by atoms with Crippen molar-refractivity contribution < 1.29 is 4.79 Å². The molecule has 3 N–H and O–H groups in total. The number of unbranched alkanes of at least 4 members (excludes halogenated alkanes) is 1. The van der Waals surface area contributed by atoms with Gasteiger partial charge < -0.3 is 11.1 Å². The van der Waals surface area contributed by atoms with Gasteiger partial charge in [-0.2, -0.15) is 11.8 Å². The van der Waals surface area contributed by atoms with Crippen LogP contribution in [0, 0.1) is 6.92 Å². The second-order valence-corrected chi connectivity index (χ2v) is 6.08. The molecule has 18 heavy (non-hydrogen) atoms. The number of amides is 1. The first-order valence-electron chi connectivity index (χ1n) is 5.89. The molecule has 3 nitrogen and oxygen atoms in total. The predicted octanol–water partition coefficient (Wildman–Crippen LogP) is 3.81. The van der Waals surface area contributed by atoms with Gasteiger partial charge in [0, 0.05) is 10.9 Å². The molecule has 1 rings (SSSR count). The first kappa shape index (κ1) is 15.4. The molecular formula is C13H19BrN2OS. The maximum atomic E-state index is 11.8. The van der Waals surface area contributed by atoms with E-state index in [1.165, 1.54) is 0 Å². The van der Waals surface area contributed by atoms with E-state index >= 15 is 0 Å². The molecule has 1 amide bonds. The van der Waals surface area contributed by atoms with Gasteiger partial charge in [0.15, 0.2) is 0 Å². The van der Waals surface area contributed by atoms with E-state index in [4.69, 9.17) is 5.73 Å². The number of nitrogens with one attached hydrogen (secondary N) is 1. The normalized spacial score (nSPS) is 10.4. The van der Waals surface area contributed by atoms with E-state index in [1.54, 1.807) is 11.8 Å². The van der Waals surface area contributed by atoms with E-state index in [0.717, 1.165) is 28.6 Å². The molecule has 0 aliphatic heterocycles. The Balaban J connectivity index is 2.54. The summed E-state index contributed by atoms with van der Waals surface area (Å²) >= 11 is 5.21. The van der Waals surface area contributed by atoms with Crippen molar-refractivity contribution >= 4 is 45.0 Å². The molecule has 0 aliphatic rings. The highest BCUT2D eigenvalue weighted by molar-refractivity contribution is 9.10. The van der Waals surface area contributed by atoms with Gasteiger partial charge in [0.05, 0.1) is 11.4 Å². The largest absolute Gasteiger partial charge is 0.397 e. The number of aryl methyl sites for hydroxylation is 1. The maximum absolute atomic E-state index is 11.8. The lowest BCUT2D eigenvalue weighted by Crippen LogP contribution is -2.13. The number of rotatable bonds is 6. The van der Waals surface area contributed by atoms with Crippen LogP contribution in [0.5, 0.6) is 0 Å². The van der Waals surface area contributed by atoms with Crippen LogP contribution < -0.4 is 11.1 Å². The summed E-state index contributed by atoms with van der Waals surface area (Å²) in [6.07, 6.45) is 4.61. The third kappa shape index (κ3) is 4.90. The van der Waals surface area contributed by atoms with E-state index in [1.807, 2.05) is 19.1 Å². The molecule has 0 fully saturated rings. The van der Waals surface area contributed by atoms with Crippen LogP contribution in [-0.4, -0.2) is 17.9 Å². The predicted molar refractivity (Wildman–Crippen MR) is 84.2 cm³/mol. The zero-order valence-corrected chi connectivity index (χ0v) is 13.2. The minimum atomic E-state index is 0.0281. The van der Waals surface area contributed by atoms with Gasteiger partial charge in [0.1, 0.15) is 0 Å². The van der Waals surface area contributed by atoms with Crippen LogP contribution in [0.4, 0.5) is 11.4 Å². The summed E-state index contributed by atoms with van der Waals surface area (Å²) in [7, 11) is 0. The molecule has 0 aromatic heterocycles. The van der Waals surface area contributed by atoms with E-state index in [9.17, 15) is 4.79 Å². The first-order valence-corrected chi connectivity index (χ1v) is 8.07. The van der Waals surface area contributed by atoms with Crippen LogP contribution in [0.25, 0.3) is 0 Å². The number of hydrogen-bond acceptors (Lipinski definition) is 3. The third-order valence-corrected chi connectivity index (χ3v) is 3.78. The lowest BCUT2D eigenvalue weighted by Gasteiger charge is -2.11. The average Bonchev–Trinajstić information content (AvgIpc) is 2.31. The Bertz CT molecular complexity index is 424. The minimum Gasteiger partial charge on any atom is -0.397 e. The molecule has 100 valence electrons. The average molecular weight is 331 g/mol. The molecule has 0 saturated heterocycles. The minimum absolute atomic E-state index is 0.0281. The molecule has 0 heterocycles. The van der Waals surface area contributed by atoms with Crippen LogP contribution in [0.2, 0.25) is 0 Å². The van der Waals surface area contributed by atoms with Crippen molar-refractivity contribution in [3.63, 3.8) is 0 Å². The van der Waals surface area contributed by atoms with Crippen LogP contribution in [0.1, 0.15) is 24.8 Å². The monoisotopic (exact) mass is 330 g/mol. The van der Waals surface area contributed by atoms with Gasteiger partial charge in [0.2, 0.25) is 5.91 Å². The first-order chi connectivity index (χ1) is 8.54.